The lowest BCUT2D eigenvalue weighted by molar-refractivity contribution is -0.456. The summed E-state index contributed by atoms with van der Waals surface area (Å²) in [5.74, 6) is -1.91. The van der Waals surface area contributed by atoms with Gasteiger partial charge in [-0.15, -0.1) is 0 Å². The molecular formula is C21H29N3O5. The largest absolute Gasteiger partial charge is 0.360 e. The Morgan fingerprint density at radius 2 is 1.93 bits per heavy atom. The van der Waals surface area contributed by atoms with Gasteiger partial charge in [0.15, 0.2) is 5.82 Å². The number of nitro groups is 1. The predicted octanol–water partition coefficient (Wildman–Crippen LogP) is 2.67. The number of fused-ring (bicyclic) bond motifs is 2. The van der Waals surface area contributed by atoms with Crippen LogP contribution in [-0.4, -0.2) is 36.8 Å². The van der Waals surface area contributed by atoms with Gasteiger partial charge in [0.05, 0.1) is 16.5 Å². The van der Waals surface area contributed by atoms with Crippen LogP contribution in [0.2, 0.25) is 0 Å². The highest BCUT2D eigenvalue weighted by molar-refractivity contribution is 5.55. The third kappa shape index (κ3) is 3.40. The van der Waals surface area contributed by atoms with Gasteiger partial charge >= 0.3 is 0 Å². The molecule has 29 heavy (non-hydrogen) atoms. The molecule has 2 N–H and O–H groups in total. The van der Waals surface area contributed by atoms with Gasteiger partial charge in [-0.3, -0.25) is 10.1 Å². The molecule has 1 aliphatic heterocycles. The number of hydrogen-bond donors (Lipinski definition) is 2. The Morgan fingerprint density at radius 1 is 1.31 bits per heavy atom. The number of carbonyl (C=O) groups is 1. The van der Waals surface area contributed by atoms with Crippen molar-refractivity contribution in [3.05, 3.63) is 57.0 Å². The van der Waals surface area contributed by atoms with Crippen molar-refractivity contribution < 1.29 is 19.2 Å². The van der Waals surface area contributed by atoms with Crippen LogP contribution in [0.5, 0.6) is 0 Å². The molecule has 1 heterocycles. The van der Waals surface area contributed by atoms with E-state index < -0.39 is 22.2 Å². The molecule has 0 amide bonds. The van der Waals surface area contributed by atoms with E-state index in [9.17, 15) is 14.9 Å². The second-order valence-corrected chi connectivity index (χ2v) is 8.22. The first-order valence-electron chi connectivity index (χ1n) is 9.76. The van der Waals surface area contributed by atoms with E-state index in [0.717, 1.165) is 17.4 Å². The molecule has 2 bridgehead atoms. The average molecular weight is 403 g/mol. The number of rotatable bonds is 7. The van der Waals surface area contributed by atoms with E-state index in [4.69, 9.17) is 9.47 Å². The quantitative estimate of drug-likeness (QED) is 0.312. The van der Waals surface area contributed by atoms with Gasteiger partial charge in [-0.2, -0.15) is 0 Å². The summed E-state index contributed by atoms with van der Waals surface area (Å²) in [6.07, 6.45) is 1.61. The zero-order chi connectivity index (χ0) is 21.4. The van der Waals surface area contributed by atoms with Gasteiger partial charge in [-0.05, 0) is 39.2 Å². The molecule has 158 valence electrons. The summed E-state index contributed by atoms with van der Waals surface area (Å²) >= 11 is 0. The minimum absolute atomic E-state index is 0.0447. The van der Waals surface area contributed by atoms with Crippen LogP contribution in [0, 0.1) is 28.9 Å². The van der Waals surface area contributed by atoms with E-state index in [1.165, 1.54) is 14.2 Å². The zero-order valence-corrected chi connectivity index (χ0v) is 17.5. The van der Waals surface area contributed by atoms with Crippen molar-refractivity contribution in [1.29, 1.82) is 0 Å². The van der Waals surface area contributed by atoms with Crippen molar-refractivity contribution in [2.24, 2.45) is 11.8 Å². The molecule has 3 rings (SSSR count). The van der Waals surface area contributed by atoms with Gasteiger partial charge < -0.3 is 24.9 Å². The van der Waals surface area contributed by atoms with E-state index in [-0.39, 0.29) is 17.7 Å². The monoisotopic (exact) mass is 403 g/mol. The predicted molar refractivity (Wildman–Crippen MR) is 107 cm³/mol. The van der Waals surface area contributed by atoms with Crippen LogP contribution in [0.4, 0.5) is 0 Å². The van der Waals surface area contributed by atoms with Crippen LogP contribution in [-0.2, 0) is 14.3 Å². The Morgan fingerprint density at radius 3 is 2.45 bits per heavy atom. The van der Waals surface area contributed by atoms with Crippen molar-refractivity contribution in [3.63, 3.8) is 0 Å². The molecule has 8 nitrogen and oxygen atoms in total. The highest BCUT2D eigenvalue weighted by Gasteiger charge is 2.66. The molecule has 1 saturated carbocycles. The fourth-order valence-corrected chi connectivity index (χ4v) is 4.94. The van der Waals surface area contributed by atoms with Gasteiger partial charge in [-0.25, -0.2) is 0 Å². The molecule has 1 aliphatic carbocycles. The lowest BCUT2D eigenvalue weighted by Gasteiger charge is -2.57. The molecule has 0 aromatic heterocycles. The van der Waals surface area contributed by atoms with Crippen molar-refractivity contribution >= 4 is 6.29 Å². The standard InChI is InChI=1S/C21H29N3O5/c1-13-6-8-16(9-7-13)14(2)22-19-18(24(26)27)17-10-15(12-25)11-20(3,23-19)21(17,28-4)29-5/h6-9,12,14-15,17,22-23H,10-11H2,1-5H3. The Bertz CT molecular complexity index is 818. The lowest BCUT2D eigenvalue weighted by atomic mass is 9.63. The molecule has 1 aromatic rings. The lowest BCUT2D eigenvalue weighted by Crippen LogP contribution is -2.73. The molecule has 4 atom stereocenters. The van der Waals surface area contributed by atoms with Crippen molar-refractivity contribution in [2.75, 3.05) is 14.2 Å². The first kappa shape index (κ1) is 21.3. The Kier molecular flexibility index (Phi) is 5.69. The summed E-state index contributed by atoms with van der Waals surface area (Å²) in [6.45, 7) is 5.86. The van der Waals surface area contributed by atoms with Gasteiger partial charge in [0.2, 0.25) is 5.79 Å². The number of nitrogens with zero attached hydrogens (tertiary/aromatic N) is 1. The molecular weight excluding hydrogens is 374 g/mol. The molecule has 1 aromatic carbocycles. The van der Waals surface area contributed by atoms with Crippen molar-refractivity contribution in [2.45, 2.75) is 51.0 Å². The summed E-state index contributed by atoms with van der Waals surface area (Å²) in [4.78, 5) is 23.3. The third-order valence-corrected chi connectivity index (χ3v) is 6.36. The molecule has 8 heteroatoms. The summed E-state index contributed by atoms with van der Waals surface area (Å²) in [6, 6.07) is 7.87. The number of nitrogens with one attached hydrogen (secondary N) is 2. The highest BCUT2D eigenvalue weighted by atomic mass is 16.7. The second kappa shape index (κ2) is 7.76. The van der Waals surface area contributed by atoms with Crippen LogP contribution >= 0.6 is 0 Å². The molecule has 1 fully saturated rings. The fraction of sp³-hybridized carbons (Fsp3) is 0.571. The van der Waals surface area contributed by atoms with Crippen molar-refractivity contribution in [3.8, 4) is 0 Å². The normalized spacial score (nSPS) is 29.0. The maximum Gasteiger partial charge on any atom is 0.294 e. The number of benzene rings is 1. The minimum atomic E-state index is -1.24. The van der Waals surface area contributed by atoms with Crippen LogP contribution < -0.4 is 10.6 Å². The summed E-state index contributed by atoms with van der Waals surface area (Å²) in [5.41, 5.74) is 1.30. The second-order valence-electron chi connectivity index (χ2n) is 8.22. The minimum Gasteiger partial charge on any atom is -0.360 e. The topological polar surface area (TPSA) is 103 Å². The van der Waals surface area contributed by atoms with E-state index in [2.05, 4.69) is 10.6 Å². The van der Waals surface area contributed by atoms with E-state index in [0.29, 0.717) is 18.7 Å². The Hall–Kier alpha value is -2.45. The summed E-state index contributed by atoms with van der Waals surface area (Å²) in [7, 11) is 2.98. The maximum atomic E-state index is 12.1. The first-order valence-corrected chi connectivity index (χ1v) is 9.76. The summed E-state index contributed by atoms with van der Waals surface area (Å²) in [5, 5.41) is 18.7. The number of aldehydes is 1. The highest BCUT2D eigenvalue weighted by Crippen LogP contribution is 2.52. The van der Waals surface area contributed by atoms with Crippen LogP contribution in [0.3, 0.4) is 0 Å². The molecule has 2 aliphatic rings. The van der Waals surface area contributed by atoms with Gasteiger partial charge in [0.25, 0.3) is 5.70 Å². The van der Waals surface area contributed by atoms with Gasteiger partial charge in [0.1, 0.15) is 12.2 Å². The van der Waals surface area contributed by atoms with Gasteiger partial charge in [-0.1, -0.05) is 29.8 Å². The van der Waals surface area contributed by atoms with Crippen LogP contribution in [0.1, 0.15) is 43.9 Å². The number of carbonyl (C=O) groups excluding carboxylic acids is 1. The molecule has 0 radical (unpaired) electrons. The number of hydrogen-bond acceptors (Lipinski definition) is 7. The van der Waals surface area contributed by atoms with Crippen LogP contribution in [0.25, 0.3) is 0 Å². The van der Waals surface area contributed by atoms with E-state index in [1.54, 1.807) is 0 Å². The SMILES string of the molecule is COC1(OC)C2CC(C=O)CC1(C)NC(NC(C)c1ccc(C)cc1)=C2[N+](=O)[O-]. The number of aryl methyl sites for hydroxylation is 1. The van der Waals surface area contributed by atoms with E-state index in [1.807, 2.05) is 45.0 Å². The van der Waals surface area contributed by atoms with Crippen LogP contribution in [0.15, 0.2) is 35.8 Å². The van der Waals surface area contributed by atoms with E-state index >= 15 is 0 Å². The Balaban J connectivity index is 2.06. The maximum absolute atomic E-state index is 12.1. The number of methoxy groups -OCH3 is 2. The average Bonchev–Trinajstić information content (AvgIpc) is 2.67. The molecule has 0 spiro atoms. The summed E-state index contributed by atoms with van der Waals surface area (Å²) < 4.78 is 11.5. The smallest absolute Gasteiger partial charge is 0.294 e. The first-order chi connectivity index (χ1) is 13.7. The Labute approximate surface area is 170 Å². The fourth-order valence-electron chi connectivity index (χ4n) is 4.94. The number of ether oxygens (including phenoxy) is 2. The zero-order valence-electron chi connectivity index (χ0n) is 17.5. The third-order valence-electron chi connectivity index (χ3n) is 6.36. The molecule has 4 unspecified atom stereocenters. The van der Waals surface area contributed by atoms with Gasteiger partial charge in [0, 0.05) is 20.1 Å². The van der Waals surface area contributed by atoms with Crippen molar-refractivity contribution in [1.82, 2.24) is 10.6 Å². The molecule has 0 saturated heterocycles.